The maximum atomic E-state index is 12.6. The Kier molecular flexibility index (Phi) is 6.07. The number of nitrogens with zero attached hydrogens (tertiary/aromatic N) is 2. The first-order valence-electron chi connectivity index (χ1n) is 8.36. The van der Waals surface area contributed by atoms with E-state index < -0.39 is 15.9 Å². The molecular formula is C19H16Cl2N4O3S. The number of carbonyl (C=O) groups is 1. The summed E-state index contributed by atoms with van der Waals surface area (Å²) < 4.78 is 27.4. The van der Waals surface area contributed by atoms with Gasteiger partial charge in [0.05, 0.1) is 20.5 Å². The minimum Gasteiger partial charge on any atom is -0.322 e. The first-order chi connectivity index (χ1) is 13.7. The van der Waals surface area contributed by atoms with Gasteiger partial charge in [0.1, 0.15) is 0 Å². The van der Waals surface area contributed by atoms with E-state index in [0.717, 1.165) is 0 Å². The number of halogens is 2. The average molecular weight is 451 g/mol. The third-order valence-electron chi connectivity index (χ3n) is 3.83. The summed E-state index contributed by atoms with van der Waals surface area (Å²) in [4.78, 5) is 20.5. The van der Waals surface area contributed by atoms with Gasteiger partial charge in [0, 0.05) is 17.1 Å². The van der Waals surface area contributed by atoms with Crippen LogP contribution in [0.2, 0.25) is 10.0 Å². The molecule has 1 heterocycles. The summed E-state index contributed by atoms with van der Waals surface area (Å²) in [6.45, 7) is 3.49. The van der Waals surface area contributed by atoms with Crippen LogP contribution >= 0.6 is 23.2 Å². The molecule has 0 saturated carbocycles. The second-order valence-corrected chi connectivity index (χ2v) is 8.63. The van der Waals surface area contributed by atoms with Crippen molar-refractivity contribution in [2.75, 3.05) is 10.0 Å². The van der Waals surface area contributed by atoms with Crippen molar-refractivity contribution in [3.8, 4) is 0 Å². The lowest BCUT2D eigenvalue weighted by Gasteiger charge is -2.10. The van der Waals surface area contributed by atoms with Crippen LogP contribution in [0.15, 0.2) is 53.4 Å². The van der Waals surface area contributed by atoms with Gasteiger partial charge in [-0.1, -0.05) is 29.3 Å². The number of carbonyl (C=O) groups excluding carboxylic acids is 1. The molecule has 3 rings (SSSR count). The molecule has 3 aromatic rings. The molecule has 0 fully saturated rings. The Bertz CT molecular complexity index is 1160. The Morgan fingerprint density at radius 1 is 0.966 bits per heavy atom. The Labute approximate surface area is 178 Å². The SMILES string of the molecule is Cc1cc(C)nc(NS(=O)(=O)c2ccc(NC(=O)c3cccc(Cl)c3Cl)cc2)n1. The standard InChI is InChI=1S/C19H16Cl2N4O3S/c1-11-10-12(2)23-19(22-11)25-29(27,28)14-8-6-13(7-9-14)24-18(26)15-4-3-5-16(20)17(15)21/h3-10H,1-2H3,(H,24,26)(H,22,23,25). The van der Waals surface area contributed by atoms with Crippen molar-refractivity contribution in [2.24, 2.45) is 0 Å². The van der Waals surface area contributed by atoms with Crippen molar-refractivity contribution >= 4 is 50.8 Å². The van der Waals surface area contributed by atoms with E-state index in [1.54, 1.807) is 32.0 Å². The predicted molar refractivity (Wildman–Crippen MR) is 113 cm³/mol. The van der Waals surface area contributed by atoms with Crippen molar-refractivity contribution in [1.82, 2.24) is 9.97 Å². The fourth-order valence-electron chi connectivity index (χ4n) is 2.55. The van der Waals surface area contributed by atoms with Gasteiger partial charge >= 0.3 is 0 Å². The number of hydrogen-bond acceptors (Lipinski definition) is 5. The van der Waals surface area contributed by atoms with Crippen LogP contribution < -0.4 is 10.0 Å². The summed E-state index contributed by atoms with van der Waals surface area (Å²) >= 11 is 12.0. The number of rotatable bonds is 5. The monoisotopic (exact) mass is 450 g/mol. The Morgan fingerprint density at radius 3 is 2.21 bits per heavy atom. The van der Waals surface area contributed by atoms with Crippen molar-refractivity contribution in [3.05, 3.63) is 75.5 Å². The van der Waals surface area contributed by atoms with E-state index in [1.165, 1.54) is 30.3 Å². The first kappa shape index (κ1) is 21.0. The van der Waals surface area contributed by atoms with E-state index in [0.29, 0.717) is 17.1 Å². The smallest absolute Gasteiger partial charge is 0.264 e. The number of amides is 1. The summed E-state index contributed by atoms with van der Waals surface area (Å²) in [5.74, 6) is -0.467. The molecule has 0 unspecified atom stereocenters. The Balaban J connectivity index is 1.77. The van der Waals surface area contributed by atoms with E-state index in [2.05, 4.69) is 20.0 Å². The highest BCUT2D eigenvalue weighted by Gasteiger charge is 2.17. The second kappa shape index (κ2) is 8.36. The number of sulfonamides is 1. The number of aryl methyl sites for hydroxylation is 2. The normalized spacial score (nSPS) is 11.2. The Morgan fingerprint density at radius 2 is 1.59 bits per heavy atom. The lowest BCUT2D eigenvalue weighted by atomic mass is 10.2. The molecule has 7 nitrogen and oxygen atoms in total. The molecule has 2 N–H and O–H groups in total. The molecule has 0 radical (unpaired) electrons. The van der Waals surface area contributed by atoms with Crippen molar-refractivity contribution in [1.29, 1.82) is 0 Å². The third-order valence-corrected chi connectivity index (χ3v) is 5.99. The lowest BCUT2D eigenvalue weighted by molar-refractivity contribution is 0.102. The van der Waals surface area contributed by atoms with Gasteiger partial charge in [-0.05, 0) is 56.3 Å². The molecule has 0 atom stereocenters. The molecule has 29 heavy (non-hydrogen) atoms. The van der Waals surface area contributed by atoms with Crippen LogP contribution in [0.5, 0.6) is 0 Å². The zero-order valence-corrected chi connectivity index (χ0v) is 17.7. The fourth-order valence-corrected chi connectivity index (χ4v) is 3.88. The van der Waals surface area contributed by atoms with Gasteiger partial charge in [-0.2, -0.15) is 0 Å². The molecule has 150 valence electrons. The van der Waals surface area contributed by atoms with Crippen molar-refractivity contribution in [3.63, 3.8) is 0 Å². The highest BCUT2D eigenvalue weighted by atomic mass is 35.5. The fraction of sp³-hybridized carbons (Fsp3) is 0.105. The molecule has 0 aliphatic heterocycles. The first-order valence-corrected chi connectivity index (χ1v) is 10.6. The number of aromatic nitrogens is 2. The summed E-state index contributed by atoms with van der Waals surface area (Å²) in [6.07, 6.45) is 0. The molecular weight excluding hydrogens is 435 g/mol. The van der Waals surface area contributed by atoms with Crippen molar-refractivity contribution in [2.45, 2.75) is 18.7 Å². The Hall–Kier alpha value is -2.68. The maximum absolute atomic E-state index is 12.6. The second-order valence-electron chi connectivity index (χ2n) is 6.16. The number of nitrogens with one attached hydrogen (secondary N) is 2. The van der Waals surface area contributed by atoms with Crippen LogP contribution in [0, 0.1) is 13.8 Å². The van der Waals surface area contributed by atoms with Gasteiger partial charge in [-0.15, -0.1) is 0 Å². The summed E-state index contributed by atoms with van der Waals surface area (Å²) in [7, 11) is -3.88. The quantitative estimate of drug-likeness (QED) is 0.597. The molecule has 10 heteroatoms. The summed E-state index contributed by atoms with van der Waals surface area (Å²) in [6, 6.07) is 12.1. The minimum absolute atomic E-state index is 0.000883. The molecule has 0 saturated heterocycles. The molecule has 1 amide bonds. The number of benzene rings is 2. The van der Waals surface area contributed by atoms with Crippen LogP contribution in [-0.2, 0) is 10.0 Å². The number of anilines is 2. The highest BCUT2D eigenvalue weighted by molar-refractivity contribution is 7.92. The van der Waals surface area contributed by atoms with E-state index in [-0.39, 0.29) is 26.5 Å². The van der Waals surface area contributed by atoms with E-state index >= 15 is 0 Å². The molecule has 0 spiro atoms. The van der Waals surface area contributed by atoms with Gasteiger partial charge in [-0.25, -0.2) is 23.1 Å². The van der Waals surface area contributed by atoms with Crippen LogP contribution in [-0.4, -0.2) is 24.3 Å². The van der Waals surface area contributed by atoms with Gasteiger partial charge in [0.2, 0.25) is 5.95 Å². The topological polar surface area (TPSA) is 101 Å². The number of hydrogen-bond donors (Lipinski definition) is 2. The zero-order chi connectivity index (χ0) is 21.2. The maximum Gasteiger partial charge on any atom is 0.264 e. The molecule has 0 aliphatic carbocycles. The van der Waals surface area contributed by atoms with E-state index in [4.69, 9.17) is 23.2 Å². The molecule has 0 aliphatic rings. The largest absolute Gasteiger partial charge is 0.322 e. The van der Waals surface area contributed by atoms with Gasteiger partial charge in [-0.3, -0.25) is 4.79 Å². The summed E-state index contributed by atoms with van der Waals surface area (Å²) in [5.41, 5.74) is 1.90. The highest BCUT2D eigenvalue weighted by Crippen LogP contribution is 2.26. The third kappa shape index (κ3) is 5.03. The van der Waals surface area contributed by atoms with Crippen LogP contribution in [0.3, 0.4) is 0 Å². The van der Waals surface area contributed by atoms with Crippen LogP contribution in [0.25, 0.3) is 0 Å². The molecule has 0 bridgehead atoms. The minimum atomic E-state index is -3.88. The summed E-state index contributed by atoms with van der Waals surface area (Å²) in [5, 5.41) is 3.05. The van der Waals surface area contributed by atoms with Gasteiger partial charge < -0.3 is 5.32 Å². The van der Waals surface area contributed by atoms with Crippen LogP contribution in [0.1, 0.15) is 21.7 Å². The lowest BCUT2D eigenvalue weighted by Crippen LogP contribution is -2.16. The molecule has 1 aromatic heterocycles. The van der Waals surface area contributed by atoms with E-state index in [1.807, 2.05) is 0 Å². The zero-order valence-electron chi connectivity index (χ0n) is 15.4. The van der Waals surface area contributed by atoms with Crippen molar-refractivity contribution < 1.29 is 13.2 Å². The molecule has 2 aromatic carbocycles. The van der Waals surface area contributed by atoms with Gasteiger partial charge in [0.15, 0.2) is 0 Å². The average Bonchev–Trinajstić information content (AvgIpc) is 2.63. The van der Waals surface area contributed by atoms with Crippen LogP contribution in [0.4, 0.5) is 11.6 Å². The van der Waals surface area contributed by atoms with E-state index in [9.17, 15) is 13.2 Å². The van der Waals surface area contributed by atoms with Gasteiger partial charge in [0.25, 0.3) is 15.9 Å². The predicted octanol–water partition coefficient (Wildman–Crippen LogP) is 4.45.